The molecule has 0 aliphatic rings. The summed E-state index contributed by atoms with van der Waals surface area (Å²) in [6.45, 7) is 5.72. The van der Waals surface area contributed by atoms with E-state index in [1.54, 1.807) is 0 Å². The van der Waals surface area contributed by atoms with Crippen LogP contribution in [0.2, 0.25) is 0 Å². The molecule has 44 valence electrons. The standard InChI is InChI=1S/C4H9.ClH.Pd/c1-3-4-2;;/h1,3-4H2,2H3;1H;/q-1;;. The van der Waals surface area contributed by atoms with Crippen LogP contribution in [0.5, 0.6) is 0 Å². The minimum atomic E-state index is 0. The monoisotopic (exact) mass is 199 g/mol. The van der Waals surface area contributed by atoms with E-state index in [2.05, 4.69) is 13.8 Å². The van der Waals surface area contributed by atoms with E-state index in [9.17, 15) is 0 Å². The summed E-state index contributed by atoms with van der Waals surface area (Å²) < 4.78 is 0. The number of rotatable bonds is 1. The Labute approximate surface area is 59.8 Å². The molecule has 0 saturated carbocycles. The van der Waals surface area contributed by atoms with Crippen molar-refractivity contribution in [2.75, 3.05) is 0 Å². The third-order valence-corrected chi connectivity index (χ3v) is 0.354. The molecule has 0 aromatic rings. The first-order chi connectivity index (χ1) is 1.91. The van der Waals surface area contributed by atoms with Gasteiger partial charge in [0.2, 0.25) is 0 Å². The van der Waals surface area contributed by atoms with Crippen molar-refractivity contribution in [1.82, 2.24) is 0 Å². The zero-order valence-corrected chi connectivity index (χ0v) is 6.22. The Balaban J connectivity index is -0.0000000450. The van der Waals surface area contributed by atoms with Crippen LogP contribution in [0.1, 0.15) is 19.8 Å². The van der Waals surface area contributed by atoms with E-state index >= 15 is 0 Å². The molecule has 0 spiro atoms. The fourth-order valence-electron chi connectivity index (χ4n) is 0. The number of hydrogen-bond acceptors (Lipinski definition) is 0. The summed E-state index contributed by atoms with van der Waals surface area (Å²) in [5.41, 5.74) is 0. The summed E-state index contributed by atoms with van der Waals surface area (Å²) in [6.07, 6.45) is 2.28. The van der Waals surface area contributed by atoms with Gasteiger partial charge in [0, 0.05) is 20.4 Å². The van der Waals surface area contributed by atoms with Crippen LogP contribution in [0.25, 0.3) is 0 Å². The molecule has 0 atom stereocenters. The predicted molar refractivity (Wildman–Crippen MR) is 27.5 cm³/mol. The summed E-state index contributed by atoms with van der Waals surface area (Å²) in [6, 6.07) is 0. The molecule has 2 heteroatoms. The molecule has 0 rings (SSSR count). The van der Waals surface area contributed by atoms with Gasteiger partial charge in [0.25, 0.3) is 0 Å². The largest absolute Gasteiger partial charge is 0.343 e. The topological polar surface area (TPSA) is 0 Å². The van der Waals surface area contributed by atoms with E-state index < -0.39 is 0 Å². The van der Waals surface area contributed by atoms with Gasteiger partial charge >= 0.3 is 0 Å². The Morgan fingerprint density at radius 1 is 1.50 bits per heavy atom. The maximum Gasteiger partial charge on any atom is 0 e. The number of unbranched alkanes of at least 4 members (excludes halogenated alkanes) is 1. The molecule has 0 aromatic carbocycles. The molecule has 0 nitrogen and oxygen atoms in total. The molecule has 0 fully saturated rings. The van der Waals surface area contributed by atoms with Gasteiger partial charge in [0.15, 0.2) is 0 Å². The van der Waals surface area contributed by atoms with Gasteiger partial charge in [-0.2, -0.15) is 6.42 Å². The summed E-state index contributed by atoms with van der Waals surface area (Å²) in [5, 5.41) is 0. The van der Waals surface area contributed by atoms with Crippen LogP contribution in [0, 0.1) is 6.92 Å². The maximum atomic E-state index is 3.60. The van der Waals surface area contributed by atoms with Gasteiger partial charge < -0.3 is 6.92 Å². The third-order valence-electron chi connectivity index (χ3n) is 0.354. The van der Waals surface area contributed by atoms with Gasteiger partial charge in [0.1, 0.15) is 0 Å². The van der Waals surface area contributed by atoms with E-state index in [0.717, 1.165) is 6.42 Å². The van der Waals surface area contributed by atoms with Crippen molar-refractivity contribution in [3.63, 3.8) is 0 Å². The quantitative estimate of drug-likeness (QED) is 0.448. The Morgan fingerprint density at radius 3 is 1.67 bits per heavy atom. The fraction of sp³-hybridized carbons (Fsp3) is 0.750. The van der Waals surface area contributed by atoms with Crippen molar-refractivity contribution in [3.05, 3.63) is 6.92 Å². The molecule has 0 aromatic heterocycles. The maximum absolute atomic E-state index is 3.60. The zero-order chi connectivity index (χ0) is 3.41. The second kappa shape index (κ2) is 16.7. The van der Waals surface area contributed by atoms with E-state index in [4.69, 9.17) is 0 Å². The first kappa shape index (κ1) is 15.8. The van der Waals surface area contributed by atoms with Gasteiger partial charge in [-0.05, 0) is 0 Å². The van der Waals surface area contributed by atoms with Crippen molar-refractivity contribution in [2.24, 2.45) is 0 Å². The van der Waals surface area contributed by atoms with Crippen molar-refractivity contribution >= 4 is 12.4 Å². The molecular weight excluding hydrogens is 190 g/mol. The third kappa shape index (κ3) is 20.3. The van der Waals surface area contributed by atoms with Crippen LogP contribution in [0.15, 0.2) is 0 Å². The van der Waals surface area contributed by atoms with E-state index in [0.29, 0.717) is 0 Å². The van der Waals surface area contributed by atoms with Crippen LogP contribution in [-0.2, 0) is 20.4 Å². The summed E-state index contributed by atoms with van der Waals surface area (Å²) in [7, 11) is 0. The molecular formula is C4H10ClPd-. The van der Waals surface area contributed by atoms with Gasteiger partial charge in [-0.25, -0.2) is 0 Å². The molecule has 0 unspecified atom stereocenters. The zero-order valence-electron chi connectivity index (χ0n) is 3.85. The van der Waals surface area contributed by atoms with Crippen molar-refractivity contribution in [3.8, 4) is 0 Å². The van der Waals surface area contributed by atoms with E-state index in [1.807, 2.05) is 0 Å². The molecule has 0 amide bonds. The summed E-state index contributed by atoms with van der Waals surface area (Å²) in [4.78, 5) is 0. The summed E-state index contributed by atoms with van der Waals surface area (Å²) >= 11 is 0. The fourth-order valence-corrected chi connectivity index (χ4v) is 0. The number of hydrogen-bond donors (Lipinski definition) is 0. The van der Waals surface area contributed by atoms with Gasteiger partial charge in [-0.1, -0.05) is 13.3 Å². The first-order valence-corrected chi connectivity index (χ1v) is 1.71. The van der Waals surface area contributed by atoms with Crippen LogP contribution in [-0.4, -0.2) is 0 Å². The van der Waals surface area contributed by atoms with Crippen LogP contribution >= 0.6 is 12.4 Å². The average Bonchev–Trinajstić information content (AvgIpc) is 1.37. The second-order valence-corrected chi connectivity index (χ2v) is 0.854. The van der Waals surface area contributed by atoms with Crippen molar-refractivity contribution in [1.29, 1.82) is 0 Å². The molecule has 0 bridgehead atoms. The van der Waals surface area contributed by atoms with E-state index in [1.165, 1.54) is 6.42 Å². The molecule has 0 aliphatic heterocycles. The summed E-state index contributed by atoms with van der Waals surface area (Å²) in [5.74, 6) is 0. The van der Waals surface area contributed by atoms with Crippen molar-refractivity contribution in [2.45, 2.75) is 19.8 Å². The molecule has 0 heterocycles. The van der Waals surface area contributed by atoms with Crippen LogP contribution in [0.4, 0.5) is 0 Å². The average molecular weight is 200 g/mol. The molecule has 0 saturated heterocycles. The van der Waals surface area contributed by atoms with Gasteiger partial charge in [-0.3, -0.25) is 0 Å². The molecule has 0 aliphatic carbocycles. The van der Waals surface area contributed by atoms with Gasteiger partial charge in [-0.15, -0.1) is 12.4 Å². The Hall–Kier alpha value is 0.952. The minimum Gasteiger partial charge on any atom is -0.343 e. The SMILES string of the molecule is Cl.[CH2-]CCC.[Pd]. The van der Waals surface area contributed by atoms with Crippen LogP contribution < -0.4 is 0 Å². The molecule has 0 N–H and O–H groups in total. The molecule has 0 radical (unpaired) electrons. The Morgan fingerprint density at radius 2 is 1.67 bits per heavy atom. The van der Waals surface area contributed by atoms with E-state index in [-0.39, 0.29) is 32.8 Å². The molecule has 6 heavy (non-hydrogen) atoms. The minimum absolute atomic E-state index is 0. The first-order valence-electron chi connectivity index (χ1n) is 1.71. The second-order valence-electron chi connectivity index (χ2n) is 0.854. The Bertz CT molecular complexity index is 9.51. The number of halogens is 1. The normalized spacial score (nSPS) is 5.00. The van der Waals surface area contributed by atoms with Crippen LogP contribution in [0.3, 0.4) is 0 Å². The van der Waals surface area contributed by atoms with Crippen molar-refractivity contribution < 1.29 is 20.4 Å². The smallest absolute Gasteiger partial charge is 0 e. The van der Waals surface area contributed by atoms with Gasteiger partial charge in [0.05, 0.1) is 0 Å². The Kier molecular flexibility index (Phi) is 44.0. The predicted octanol–water partition coefficient (Wildman–Crippen LogP) is 2.04.